The lowest BCUT2D eigenvalue weighted by atomic mass is 9.70. The van der Waals surface area contributed by atoms with E-state index in [2.05, 4.69) is 14.7 Å². The molecular formula is C21H23N3O4S2. The largest absolute Gasteiger partial charge is 0.511 e. The summed E-state index contributed by atoms with van der Waals surface area (Å²) in [6, 6.07) is 0. The van der Waals surface area contributed by atoms with Gasteiger partial charge in [-0.1, -0.05) is 0 Å². The Kier molecular flexibility index (Phi) is 5.10. The number of carboxylic acid groups (broad SMARTS) is 1. The second kappa shape index (κ2) is 7.77. The van der Waals surface area contributed by atoms with Crippen LogP contribution in [0.15, 0.2) is 11.3 Å². The number of aryl methyl sites for hydroxylation is 2. The van der Waals surface area contributed by atoms with Crippen LogP contribution in [0.1, 0.15) is 54.8 Å². The van der Waals surface area contributed by atoms with Gasteiger partial charge in [-0.05, 0) is 81.3 Å². The van der Waals surface area contributed by atoms with E-state index in [0.717, 1.165) is 72.8 Å². The van der Waals surface area contributed by atoms with Crippen molar-refractivity contribution in [2.24, 2.45) is 11.8 Å². The number of thiophene rings is 1. The number of nitrogens with zero attached hydrogens (tertiary/aromatic N) is 2. The molecule has 6 rings (SSSR count). The van der Waals surface area contributed by atoms with Crippen LogP contribution in [0.2, 0.25) is 0 Å². The van der Waals surface area contributed by atoms with Crippen LogP contribution in [0, 0.1) is 18.8 Å². The van der Waals surface area contributed by atoms with Gasteiger partial charge in [-0.3, -0.25) is 4.79 Å². The second-order valence-corrected chi connectivity index (χ2v) is 10.1. The van der Waals surface area contributed by atoms with E-state index < -0.39 is 6.16 Å². The highest BCUT2D eigenvalue weighted by Crippen LogP contribution is 2.48. The van der Waals surface area contributed by atoms with Crippen molar-refractivity contribution in [1.82, 2.24) is 9.36 Å². The molecule has 0 saturated heterocycles. The molecule has 9 heteroatoms. The molecule has 2 aromatic heterocycles. The Bertz CT molecular complexity index is 1050. The summed E-state index contributed by atoms with van der Waals surface area (Å²) in [6.45, 7) is 1.87. The van der Waals surface area contributed by atoms with Crippen molar-refractivity contribution in [3.05, 3.63) is 27.6 Å². The first-order valence-electron chi connectivity index (χ1n) is 10.4. The molecule has 2 aromatic rings. The maximum atomic E-state index is 13.4. The number of carbonyl (C=O) groups is 2. The minimum Gasteiger partial charge on any atom is -0.449 e. The van der Waals surface area contributed by atoms with Crippen molar-refractivity contribution >= 4 is 39.9 Å². The number of hydrogen-bond acceptors (Lipinski definition) is 7. The fraction of sp³-hybridized carbons (Fsp3) is 0.524. The number of amides is 1. The van der Waals surface area contributed by atoms with Crippen LogP contribution in [0.4, 0.5) is 9.80 Å². The van der Waals surface area contributed by atoms with Gasteiger partial charge in [0.25, 0.3) is 5.91 Å². The Morgan fingerprint density at radius 3 is 2.57 bits per heavy atom. The van der Waals surface area contributed by atoms with Gasteiger partial charge in [-0.25, -0.2) is 9.78 Å². The monoisotopic (exact) mass is 445 g/mol. The van der Waals surface area contributed by atoms with E-state index >= 15 is 0 Å². The standard InChI is InChI=1S/C21H23N3O4S2/c1-10-22-20(30-24-10)16-13-4-2-3-5-14(13)29-19(16)23-18(25)15-11-6-8-12(9-7-11)17(15)28-21(26)27/h11-12H,2-9H2,1H3,(H,23,25)(H,26,27). The molecule has 1 amide bonds. The number of ether oxygens (including phenoxy) is 1. The average molecular weight is 446 g/mol. The Balaban J connectivity index is 1.53. The Morgan fingerprint density at radius 1 is 1.13 bits per heavy atom. The minimum atomic E-state index is -1.35. The maximum Gasteiger partial charge on any atom is 0.511 e. The zero-order valence-electron chi connectivity index (χ0n) is 16.7. The van der Waals surface area contributed by atoms with Crippen molar-refractivity contribution in [2.45, 2.75) is 58.3 Å². The van der Waals surface area contributed by atoms with Crippen LogP contribution in [-0.4, -0.2) is 26.5 Å². The summed E-state index contributed by atoms with van der Waals surface area (Å²) in [5.41, 5.74) is 2.79. The number of aromatic nitrogens is 2. The molecule has 0 radical (unpaired) electrons. The van der Waals surface area contributed by atoms with Crippen LogP contribution < -0.4 is 5.32 Å². The third kappa shape index (κ3) is 3.43. The number of nitrogens with one attached hydrogen (secondary N) is 1. The lowest BCUT2D eigenvalue weighted by Gasteiger charge is -2.37. The van der Waals surface area contributed by atoms with Crippen LogP contribution in [-0.2, 0) is 22.4 Å². The molecule has 4 aliphatic carbocycles. The summed E-state index contributed by atoms with van der Waals surface area (Å²) < 4.78 is 9.45. The molecule has 2 N–H and O–H groups in total. The quantitative estimate of drug-likeness (QED) is 0.630. The molecule has 0 aliphatic heterocycles. The van der Waals surface area contributed by atoms with E-state index in [1.54, 1.807) is 11.3 Å². The van der Waals surface area contributed by atoms with Crippen LogP contribution >= 0.6 is 22.9 Å². The summed E-state index contributed by atoms with van der Waals surface area (Å²) >= 11 is 2.98. The van der Waals surface area contributed by atoms with Gasteiger partial charge >= 0.3 is 6.16 Å². The van der Waals surface area contributed by atoms with E-state index in [1.807, 2.05) is 6.92 Å². The zero-order valence-corrected chi connectivity index (χ0v) is 18.3. The summed E-state index contributed by atoms with van der Waals surface area (Å²) in [5.74, 6) is 0.936. The van der Waals surface area contributed by atoms with Gasteiger partial charge in [0.1, 0.15) is 21.6 Å². The SMILES string of the molecule is Cc1nsc(-c2c(NC(=O)C3=C(OC(=O)O)C4CCC3CC4)sc3c2CCCC3)n1. The molecule has 0 spiro atoms. The predicted molar refractivity (Wildman–Crippen MR) is 115 cm³/mol. The normalized spacial score (nSPS) is 22.7. The molecular weight excluding hydrogens is 422 g/mol. The first kappa shape index (κ1) is 19.7. The van der Waals surface area contributed by atoms with Crippen LogP contribution in [0.5, 0.6) is 0 Å². The molecule has 7 nitrogen and oxygen atoms in total. The van der Waals surface area contributed by atoms with Gasteiger partial charge in [0.2, 0.25) is 0 Å². The van der Waals surface area contributed by atoms with Gasteiger partial charge in [0, 0.05) is 10.8 Å². The molecule has 30 heavy (non-hydrogen) atoms. The van der Waals surface area contributed by atoms with Gasteiger partial charge < -0.3 is 15.2 Å². The Labute approximate surface area is 182 Å². The average Bonchev–Trinajstić information content (AvgIpc) is 3.30. The lowest BCUT2D eigenvalue weighted by molar-refractivity contribution is -0.114. The van der Waals surface area contributed by atoms with Gasteiger partial charge in [-0.15, -0.1) is 11.3 Å². The number of carbonyl (C=O) groups excluding carboxylic acids is 1. The van der Waals surface area contributed by atoms with E-state index in [0.29, 0.717) is 11.3 Å². The topological polar surface area (TPSA) is 101 Å². The number of fused-ring (bicyclic) bond motifs is 3. The number of allylic oxidation sites excluding steroid dienone is 1. The van der Waals surface area contributed by atoms with E-state index in [9.17, 15) is 14.7 Å². The van der Waals surface area contributed by atoms with E-state index in [4.69, 9.17) is 4.74 Å². The smallest absolute Gasteiger partial charge is 0.449 e. The van der Waals surface area contributed by atoms with Gasteiger partial charge in [0.15, 0.2) is 0 Å². The summed E-state index contributed by atoms with van der Waals surface area (Å²) in [5, 5.41) is 13.9. The van der Waals surface area contributed by atoms with Crippen molar-refractivity contribution in [3.8, 4) is 10.6 Å². The van der Waals surface area contributed by atoms with Gasteiger partial charge in [-0.2, -0.15) is 4.37 Å². The van der Waals surface area contributed by atoms with Crippen LogP contribution in [0.3, 0.4) is 0 Å². The highest BCUT2D eigenvalue weighted by Gasteiger charge is 2.41. The molecule has 0 aromatic carbocycles. The third-order valence-electron chi connectivity index (χ3n) is 6.35. The molecule has 0 atom stereocenters. The molecule has 1 saturated carbocycles. The number of rotatable bonds is 4. The van der Waals surface area contributed by atoms with Crippen molar-refractivity contribution in [2.75, 3.05) is 5.32 Å². The fourth-order valence-electron chi connectivity index (χ4n) is 5.04. The lowest BCUT2D eigenvalue weighted by Crippen LogP contribution is -2.34. The molecule has 2 heterocycles. The van der Waals surface area contributed by atoms with Gasteiger partial charge in [0.05, 0.1) is 11.1 Å². The molecule has 4 aliphatic rings. The van der Waals surface area contributed by atoms with E-state index in [1.165, 1.54) is 22.0 Å². The minimum absolute atomic E-state index is 0.0219. The number of anilines is 1. The maximum absolute atomic E-state index is 13.4. The van der Waals surface area contributed by atoms with Crippen LogP contribution in [0.25, 0.3) is 10.6 Å². The first-order chi connectivity index (χ1) is 14.5. The Hall–Kier alpha value is -2.26. The van der Waals surface area contributed by atoms with Crippen molar-refractivity contribution in [1.29, 1.82) is 0 Å². The van der Waals surface area contributed by atoms with Crippen molar-refractivity contribution < 1.29 is 19.4 Å². The Morgan fingerprint density at radius 2 is 1.87 bits per heavy atom. The predicted octanol–water partition coefficient (Wildman–Crippen LogP) is 5.16. The molecule has 0 unspecified atom stereocenters. The highest BCUT2D eigenvalue weighted by atomic mass is 32.1. The molecule has 2 bridgehead atoms. The second-order valence-electron chi connectivity index (χ2n) is 8.21. The summed E-state index contributed by atoms with van der Waals surface area (Å²) in [4.78, 5) is 30.5. The summed E-state index contributed by atoms with van der Waals surface area (Å²) in [7, 11) is 0. The van der Waals surface area contributed by atoms with Crippen molar-refractivity contribution in [3.63, 3.8) is 0 Å². The molecule has 1 fully saturated rings. The zero-order chi connectivity index (χ0) is 20.8. The molecule has 158 valence electrons. The number of hydrogen-bond donors (Lipinski definition) is 2. The van der Waals surface area contributed by atoms with E-state index in [-0.39, 0.29) is 17.7 Å². The highest BCUT2D eigenvalue weighted by molar-refractivity contribution is 7.18. The first-order valence-corrected chi connectivity index (χ1v) is 12.0. The summed E-state index contributed by atoms with van der Waals surface area (Å²) in [6.07, 6.45) is 6.51. The fourth-order valence-corrected chi connectivity index (χ4v) is 7.14. The third-order valence-corrected chi connectivity index (χ3v) is 8.38.